The lowest BCUT2D eigenvalue weighted by Gasteiger charge is -2.15. The van der Waals surface area contributed by atoms with E-state index in [1.807, 2.05) is 11.4 Å². The molecule has 1 aliphatic carbocycles. The lowest BCUT2D eigenvalue weighted by Crippen LogP contribution is -2.15. The van der Waals surface area contributed by atoms with Crippen LogP contribution in [-0.2, 0) is 6.61 Å². The number of nitro groups is 1. The SMILES string of the molecule is COc1cc(C(=O)Nc2cccc(OC3CCCC3)c2)c([N+](=O)[O-])cc1OCc1cscn1. The van der Waals surface area contributed by atoms with Crippen LogP contribution in [0.4, 0.5) is 11.4 Å². The molecule has 10 heteroatoms. The Morgan fingerprint density at radius 1 is 1.24 bits per heavy atom. The van der Waals surface area contributed by atoms with E-state index in [9.17, 15) is 14.9 Å². The van der Waals surface area contributed by atoms with E-state index in [0.29, 0.717) is 17.1 Å². The molecule has 0 spiro atoms. The highest BCUT2D eigenvalue weighted by Gasteiger charge is 2.25. The van der Waals surface area contributed by atoms with Crippen LogP contribution in [0, 0.1) is 10.1 Å². The minimum absolute atomic E-state index is 0.121. The molecule has 0 saturated heterocycles. The van der Waals surface area contributed by atoms with Crippen LogP contribution >= 0.6 is 11.3 Å². The van der Waals surface area contributed by atoms with E-state index in [1.54, 1.807) is 23.7 Å². The van der Waals surface area contributed by atoms with Crippen molar-refractivity contribution < 1.29 is 23.9 Å². The molecule has 1 aromatic heterocycles. The fourth-order valence-electron chi connectivity index (χ4n) is 3.66. The maximum atomic E-state index is 13.0. The molecule has 1 aliphatic rings. The number of ether oxygens (including phenoxy) is 3. The Morgan fingerprint density at radius 2 is 2.06 bits per heavy atom. The van der Waals surface area contributed by atoms with Gasteiger partial charge in [0.25, 0.3) is 11.6 Å². The Morgan fingerprint density at radius 3 is 2.76 bits per heavy atom. The molecule has 2 aromatic carbocycles. The van der Waals surface area contributed by atoms with Gasteiger partial charge in [0.1, 0.15) is 17.9 Å². The summed E-state index contributed by atoms with van der Waals surface area (Å²) in [6.07, 6.45) is 4.50. The first-order chi connectivity index (χ1) is 16.0. The van der Waals surface area contributed by atoms with Crippen LogP contribution in [0.2, 0.25) is 0 Å². The zero-order valence-electron chi connectivity index (χ0n) is 18.0. The Labute approximate surface area is 194 Å². The van der Waals surface area contributed by atoms with Crippen LogP contribution in [-0.4, -0.2) is 29.0 Å². The first kappa shape index (κ1) is 22.5. The molecule has 4 rings (SSSR count). The molecule has 33 heavy (non-hydrogen) atoms. The van der Waals surface area contributed by atoms with Gasteiger partial charge in [0, 0.05) is 23.2 Å². The number of hydrogen-bond donors (Lipinski definition) is 1. The summed E-state index contributed by atoms with van der Waals surface area (Å²) in [5, 5.41) is 16.2. The van der Waals surface area contributed by atoms with Crippen molar-refractivity contribution in [2.75, 3.05) is 12.4 Å². The number of nitrogens with zero attached hydrogens (tertiary/aromatic N) is 2. The van der Waals surface area contributed by atoms with E-state index in [0.717, 1.165) is 25.7 Å². The zero-order chi connectivity index (χ0) is 23.2. The van der Waals surface area contributed by atoms with Gasteiger partial charge in [-0.25, -0.2) is 4.98 Å². The molecular formula is C23H23N3O6S. The van der Waals surface area contributed by atoms with Gasteiger partial charge in [-0.15, -0.1) is 11.3 Å². The van der Waals surface area contributed by atoms with Crippen molar-refractivity contribution in [1.82, 2.24) is 4.98 Å². The lowest BCUT2D eigenvalue weighted by atomic mass is 10.1. The van der Waals surface area contributed by atoms with Gasteiger partial charge in [-0.2, -0.15) is 0 Å². The molecule has 1 fully saturated rings. The zero-order valence-corrected chi connectivity index (χ0v) is 18.8. The molecule has 3 aromatic rings. The highest BCUT2D eigenvalue weighted by atomic mass is 32.1. The summed E-state index contributed by atoms with van der Waals surface area (Å²) in [6, 6.07) is 9.51. The van der Waals surface area contributed by atoms with Gasteiger partial charge in [0.2, 0.25) is 0 Å². The average Bonchev–Trinajstić information content (AvgIpc) is 3.51. The molecule has 9 nitrogen and oxygen atoms in total. The number of thiazole rings is 1. The highest BCUT2D eigenvalue weighted by Crippen LogP contribution is 2.36. The number of carbonyl (C=O) groups is 1. The molecule has 1 saturated carbocycles. The Balaban J connectivity index is 1.54. The average molecular weight is 470 g/mol. The third kappa shape index (κ3) is 5.58. The Hall–Kier alpha value is -3.66. The Kier molecular flexibility index (Phi) is 7.04. The fourth-order valence-corrected chi connectivity index (χ4v) is 4.20. The fraction of sp³-hybridized carbons (Fsp3) is 0.304. The number of aromatic nitrogens is 1. The number of nitrogens with one attached hydrogen (secondary N) is 1. The number of rotatable bonds is 9. The topological polar surface area (TPSA) is 113 Å². The van der Waals surface area contributed by atoms with Crippen LogP contribution in [0.3, 0.4) is 0 Å². The minimum Gasteiger partial charge on any atom is -0.493 e. The molecule has 1 amide bonds. The summed E-state index contributed by atoms with van der Waals surface area (Å²) in [7, 11) is 1.41. The van der Waals surface area contributed by atoms with E-state index in [4.69, 9.17) is 14.2 Å². The summed E-state index contributed by atoms with van der Waals surface area (Å²) in [4.78, 5) is 28.2. The standard InChI is InChI=1S/C23H23N3O6S/c1-30-21-10-19(20(26(28)29)11-22(21)31-12-16-13-33-14-24-16)23(27)25-15-5-4-8-18(9-15)32-17-6-2-3-7-17/h4-5,8-11,13-14,17H,2-3,6-7,12H2,1H3,(H,25,27). The maximum absolute atomic E-state index is 13.0. The van der Waals surface area contributed by atoms with Crippen LogP contribution in [0.25, 0.3) is 0 Å². The monoisotopic (exact) mass is 469 g/mol. The molecule has 1 N–H and O–H groups in total. The van der Waals surface area contributed by atoms with Crippen molar-refractivity contribution in [3.05, 3.63) is 68.7 Å². The third-order valence-corrected chi connectivity index (χ3v) is 5.91. The van der Waals surface area contributed by atoms with Crippen LogP contribution in [0.15, 0.2) is 47.3 Å². The summed E-state index contributed by atoms with van der Waals surface area (Å²) in [5.41, 5.74) is 2.30. The number of anilines is 1. The van der Waals surface area contributed by atoms with E-state index >= 15 is 0 Å². The quantitative estimate of drug-likeness (QED) is 0.338. The number of benzene rings is 2. The molecule has 172 valence electrons. The molecule has 0 unspecified atom stereocenters. The van der Waals surface area contributed by atoms with Crippen molar-refractivity contribution in [2.45, 2.75) is 38.4 Å². The first-order valence-corrected chi connectivity index (χ1v) is 11.4. The Bertz CT molecular complexity index is 1130. The first-order valence-electron chi connectivity index (χ1n) is 10.5. The summed E-state index contributed by atoms with van der Waals surface area (Å²) in [6.45, 7) is 0.121. The third-order valence-electron chi connectivity index (χ3n) is 5.28. The number of carbonyl (C=O) groups excluding carboxylic acids is 1. The number of hydrogen-bond acceptors (Lipinski definition) is 8. The number of methoxy groups -OCH3 is 1. The molecular weight excluding hydrogens is 446 g/mol. The van der Waals surface area contributed by atoms with Gasteiger partial charge in [-0.1, -0.05) is 6.07 Å². The van der Waals surface area contributed by atoms with E-state index in [-0.39, 0.29) is 35.5 Å². The molecule has 0 bridgehead atoms. The summed E-state index contributed by atoms with van der Waals surface area (Å²) < 4.78 is 17.0. The second-order valence-electron chi connectivity index (χ2n) is 7.55. The van der Waals surface area contributed by atoms with Crippen molar-refractivity contribution in [3.63, 3.8) is 0 Å². The van der Waals surface area contributed by atoms with E-state index in [2.05, 4.69) is 10.3 Å². The summed E-state index contributed by atoms with van der Waals surface area (Å²) >= 11 is 1.42. The van der Waals surface area contributed by atoms with Gasteiger partial charge < -0.3 is 19.5 Å². The van der Waals surface area contributed by atoms with Crippen LogP contribution in [0.5, 0.6) is 17.2 Å². The second kappa shape index (κ2) is 10.3. The van der Waals surface area contributed by atoms with Gasteiger partial charge in [0.15, 0.2) is 11.5 Å². The van der Waals surface area contributed by atoms with E-state index in [1.165, 1.54) is 30.6 Å². The van der Waals surface area contributed by atoms with Crippen molar-refractivity contribution >= 4 is 28.6 Å². The van der Waals surface area contributed by atoms with Gasteiger partial charge >= 0.3 is 0 Å². The number of nitro benzene ring substituents is 1. The highest BCUT2D eigenvalue weighted by molar-refractivity contribution is 7.07. The maximum Gasteiger partial charge on any atom is 0.286 e. The largest absolute Gasteiger partial charge is 0.493 e. The van der Waals surface area contributed by atoms with Crippen LogP contribution in [0.1, 0.15) is 41.7 Å². The molecule has 0 aliphatic heterocycles. The number of amides is 1. The van der Waals surface area contributed by atoms with Gasteiger partial charge in [-0.05, 0) is 37.8 Å². The van der Waals surface area contributed by atoms with Gasteiger partial charge in [0.05, 0.1) is 35.4 Å². The van der Waals surface area contributed by atoms with Crippen molar-refractivity contribution in [3.8, 4) is 17.2 Å². The van der Waals surface area contributed by atoms with E-state index < -0.39 is 10.8 Å². The van der Waals surface area contributed by atoms with Crippen molar-refractivity contribution in [1.29, 1.82) is 0 Å². The predicted octanol–water partition coefficient (Wildman–Crippen LogP) is 5.21. The lowest BCUT2D eigenvalue weighted by molar-refractivity contribution is -0.385. The smallest absolute Gasteiger partial charge is 0.286 e. The van der Waals surface area contributed by atoms with Crippen LogP contribution < -0.4 is 19.5 Å². The second-order valence-corrected chi connectivity index (χ2v) is 8.27. The molecule has 1 heterocycles. The molecule has 0 radical (unpaired) electrons. The van der Waals surface area contributed by atoms with Crippen molar-refractivity contribution in [2.24, 2.45) is 0 Å². The minimum atomic E-state index is -0.635. The molecule has 0 atom stereocenters. The predicted molar refractivity (Wildman–Crippen MR) is 123 cm³/mol. The summed E-state index contributed by atoms with van der Waals surface area (Å²) in [5.74, 6) is 0.377. The normalized spacial score (nSPS) is 13.5. The van der Waals surface area contributed by atoms with Gasteiger partial charge in [-0.3, -0.25) is 14.9 Å².